The molecule has 0 rings (SSSR count). The van der Waals surface area contributed by atoms with Gasteiger partial charge in [0, 0.05) is 38.7 Å². The van der Waals surface area contributed by atoms with Crippen LogP contribution in [-0.4, -0.2) is 38.7 Å². The summed E-state index contributed by atoms with van der Waals surface area (Å²) in [5.74, 6) is 1.23. The zero-order chi connectivity index (χ0) is 12.3. The van der Waals surface area contributed by atoms with E-state index in [2.05, 4.69) is 6.92 Å². The van der Waals surface area contributed by atoms with E-state index in [4.69, 9.17) is 32.7 Å². The third-order valence-corrected chi connectivity index (χ3v) is 3.90. The molecule has 0 N–H and O–H groups in total. The summed E-state index contributed by atoms with van der Waals surface area (Å²) in [4.78, 5) is 0. The lowest BCUT2D eigenvalue weighted by Crippen LogP contribution is -2.27. The van der Waals surface area contributed by atoms with E-state index in [-0.39, 0.29) is 5.41 Å². The number of alkyl halides is 2. The van der Waals surface area contributed by atoms with Gasteiger partial charge in [-0.3, -0.25) is 0 Å². The number of ether oxygens (including phenoxy) is 2. The van der Waals surface area contributed by atoms with E-state index in [1.165, 1.54) is 0 Å². The molecule has 4 heteroatoms. The van der Waals surface area contributed by atoms with Crippen LogP contribution in [0.3, 0.4) is 0 Å². The highest BCUT2D eigenvalue weighted by Crippen LogP contribution is 2.31. The molecular weight excluding hydrogens is 247 g/mol. The molecule has 0 saturated carbocycles. The lowest BCUT2D eigenvalue weighted by molar-refractivity contribution is 0.0824. The lowest BCUT2D eigenvalue weighted by atomic mass is 9.84. The highest BCUT2D eigenvalue weighted by atomic mass is 35.5. The Labute approximate surface area is 110 Å². The summed E-state index contributed by atoms with van der Waals surface area (Å²) in [5, 5.41) is 0. The summed E-state index contributed by atoms with van der Waals surface area (Å²) < 4.78 is 10.5. The molecule has 0 spiro atoms. The largest absolute Gasteiger partial charge is 0.385 e. The highest BCUT2D eigenvalue weighted by molar-refractivity contribution is 6.21. The lowest BCUT2D eigenvalue weighted by Gasteiger charge is -2.29. The third kappa shape index (κ3) is 6.95. The van der Waals surface area contributed by atoms with E-state index in [0.717, 1.165) is 45.5 Å². The van der Waals surface area contributed by atoms with E-state index < -0.39 is 0 Å². The molecule has 16 heavy (non-hydrogen) atoms. The van der Waals surface area contributed by atoms with Crippen molar-refractivity contribution in [1.82, 2.24) is 0 Å². The van der Waals surface area contributed by atoms with Crippen LogP contribution in [0.5, 0.6) is 0 Å². The van der Waals surface area contributed by atoms with Gasteiger partial charge >= 0.3 is 0 Å². The SMILES string of the molecule is CCCC(CCl)(CCl)CCOCCCOC. The van der Waals surface area contributed by atoms with E-state index in [1.807, 2.05) is 0 Å². The minimum absolute atomic E-state index is 0.0547. The number of methoxy groups -OCH3 is 1. The Bertz CT molecular complexity index is 150. The van der Waals surface area contributed by atoms with Gasteiger partial charge in [-0.2, -0.15) is 0 Å². The van der Waals surface area contributed by atoms with Gasteiger partial charge in [0.25, 0.3) is 0 Å². The molecule has 0 aliphatic carbocycles. The number of hydrogen-bond donors (Lipinski definition) is 0. The summed E-state index contributed by atoms with van der Waals surface area (Å²) in [6.07, 6.45) is 4.07. The molecule has 0 aromatic carbocycles. The Hall–Kier alpha value is 0.500. The van der Waals surface area contributed by atoms with E-state index in [0.29, 0.717) is 11.8 Å². The van der Waals surface area contributed by atoms with Crippen molar-refractivity contribution in [2.24, 2.45) is 5.41 Å². The molecule has 98 valence electrons. The fourth-order valence-corrected chi connectivity index (χ4v) is 2.47. The van der Waals surface area contributed by atoms with Crippen LogP contribution in [0.25, 0.3) is 0 Å². The van der Waals surface area contributed by atoms with Gasteiger partial charge in [0.15, 0.2) is 0 Å². The molecule has 0 atom stereocenters. The van der Waals surface area contributed by atoms with Gasteiger partial charge in [-0.05, 0) is 24.7 Å². The Balaban J connectivity index is 3.67. The van der Waals surface area contributed by atoms with Crippen LogP contribution in [0.15, 0.2) is 0 Å². The molecule has 2 nitrogen and oxygen atoms in total. The Kier molecular flexibility index (Phi) is 11.0. The van der Waals surface area contributed by atoms with Crippen molar-refractivity contribution < 1.29 is 9.47 Å². The minimum atomic E-state index is 0.0547. The Morgan fingerprint density at radius 3 is 2.19 bits per heavy atom. The van der Waals surface area contributed by atoms with Crippen LogP contribution in [0.4, 0.5) is 0 Å². The first-order valence-corrected chi connectivity index (χ1v) is 7.00. The van der Waals surface area contributed by atoms with Gasteiger partial charge in [-0.1, -0.05) is 13.3 Å². The maximum absolute atomic E-state index is 6.01. The molecule has 0 bridgehead atoms. The standard InChI is InChI=1S/C12H24Cl2O2/c1-3-5-12(10-13,11-14)6-9-16-8-4-7-15-2/h3-11H2,1-2H3. The van der Waals surface area contributed by atoms with Gasteiger partial charge in [-0.15, -0.1) is 23.2 Å². The second kappa shape index (κ2) is 10.6. The zero-order valence-corrected chi connectivity index (χ0v) is 11.9. The van der Waals surface area contributed by atoms with Gasteiger partial charge in [0.05, 0.1) is 0 Å². The second-order valence-electron chi connectivity index (χ2n) is 4.23. The second-order valence-corrected chi connectivity index (χ2v) is 4.76. The van der Waals surface area contributed by atoms with Crippen LogP contribution in [0, 0.1) is 5.41 Å². The molecule has 0 fully saturated rings. The summed E-state index contributed by atoms with van der Waals surface area (Å²) in [7, 11) is 1.70. The maximum Gasteiger partial charge on any atom is 0.0487 e. The minimum Gasteiger partial charge on any atom is -0.385 e. The van der Waals surface area contributed by atoms with Gasteiger partial charge in [0.2, 0.25) is 0 Å². The van der Waals surface area contributed by atoms with Crippen molar-refractivity contribution in [3.05, 3.63) is 0 Å². The number of rotatable bonds is 11. The van der Waals surface area contributed by atoms with Crippen LogP contribution in [0.1, 0.15) is 32.6 Å². The van der Waals surface area contributed by atoms with E-state index in [9.17, 15) is 0 Å². The summed E-state index contributed by atoms with van der Waals surface area (Å²) >= 11 is 12.0. The Morgan fingerprint density at radius 1 is 1.00 bits per heavy atom. The number of halogens is 2. The van der Waals surface area contributed by atoms with Crippen molar-refractivity contribution in [3.8, 4) is 0 Å². The molecule has 0 heterocycles. The molecule has 0 aromatic rings. The predicted octanol–water partition coefficient (Wildman–Crippen LogP) is 3.69. The van der Waals surface area contributed by atoms with Crippen molar-refractivity contribution in [2.75, 3.05) is 38.7 Å². The molecule has 0 aromatic heterocycles. The first-order chi connectivity index (χ1) is 7.74. The van der Waals surface area contributed by atoms with Crippen LogP contribution in [0.2, 0.25) is 0 Å². The first kappa shape index (κ1) is 16.5. The molecule has 0 aliphatic rings. The van der Waals surface area contributed by atoms with Gasteiger partial charge < -0.3 is 9.47 Å². The van der Waals surface area contributed by atoms with Crippen molar-refractivity contribution in [1.29, 1.82) is 0 Å². The van der Waals surface area contributed by atoms with E-state index in [1.54, 1.807) is 7.11 Å². The summed E-state index contributed by atoms with van der Waals surface area (Å²) in [6.45, 7) is 4.40. The fourth-order valence-electron chi connectivity index (χ4n) is 1.65. The van der Waals surface area contributed by atoms with Crippen molar-refractivity contribution in [3.63, 3.8) is 0 Å². The summed E-state index contributed by atoms with van der Waals surface area (Å²) in [5.41, 5.74) is 0.0547. The quantitative estimate of drug-likeness (QED) is 0.421. The molecule has 0 unspecified atom stereocenters. The highest BCUT2D eigenvalue weighted by Gasteiger charge is 2.26. The third-order valence-electron chi connectivity index (χ3n) is 2.76. The normalized spacial score (nSPS) is 12.0. The Morgan fingerprint density at radius 2 is 1.69 bits per heavy atom. The molecule has 0 amide bonds. The molecule has 0 radical (unpaired) electrons. The molecule has 0 aliphatic heterocycles. The van der Waals surface area contributed by atoms with Gasteiger partial charge in [-0.25, -0.2) is 0 Å². The molecular formula is C12H24Cl2O2. The first-order valence-electron chi connectivity index (χ1n) is 5.93. The van der Waals surface area contributed by atoms with Crippen molar-refractivity contribution in [2.45, 2.75) is 32.6 Å². The monoisotopic (exact) mass is 270 g/mol. The van der Waals surface area contributed by atoms with Crippen molar-refractivity contribution >= 4 is 23.2 Å². The van der Waals surface area contributed by atoms with Gasteiger partial charge in [0.1, 0.15) is 0 Å². The number of hydrogen-bond acceptors (Lipinski definition) is 2. The van der Waals surface area contributed by atoms with Crippen LogP contribution >= 0.6 is 23.2 Å². The summed E-state index contributed by atoms with van der Waals surface area (Å²) in [6, 6.07) is 0. The van der Waals surface area contributed by atoms with E-state index >= 15 is 0 Å². The zero-order valence-electron chi connectivity index (χ0n) is 10.4. The van der Waals surface area contributed by atoms with Crippen LogP contribution in [-0.2, 0) is 9.47 Å². The average Bonchev–Trinajstić information content (AvgIpc) is 2.32. The average molecular weight is 271 g/mol. The topological polar surface area (TPSA) is 18.5 Å². The smallest absolute Gasteiger partial charge is 0.0487 e. The predicted molar refractivity (Wildman–Crippen MR) is 70.7 cm³/mol. The van der Waals surface area contributed by atoms with Crippen LogP contribution < -0.4 is 0 Å². The fraction of sp³-hybridized carbons (Fsp3) is 1.00. The maximum atomic E-state index is 6.01. The molecule has 0 saturated heterocycles.